The Hall–Kier alpha value is -2.93. The lowest BCUT2D eigenvalue weighted by Crippen LogP contribution is -2.29. The molecule has 1 aliphatic rings. The van der Waals surface area contributed by atoms with Gasteiger partial charge in [-0.05, 0) is 56.5 Å². The van der Waals surface area contributed by atoms with Gasteiger partial charge in [0, 0.05) is 18.1 Å². The third-order valence-corrected chi connectivity index (χ3v) is 4.98. The molecule has 0 bridgehead atoms. The predicted octanol–water partition coefficient (Wildman–Crippen LogP) is 3.87. The summed E-state index contributed by atoms with van der Waals surface area (Å²) in [6, 6.07) is 11.0. The van der Waals surface area contributed by atoms with Crippen molar-refractivity contribution in [3.63, 3.8) is 0 Å². The van der Waals surface area contributed by atoms with Gasteiger partial charge in [0.2, 0.25) is 0 Å². The van der Waals surface area contributed by atoms with Crippen LogP contribution in [0.25, 0.3) is 5.69 Å². The number of rotatable bonds is 4. The number of hydrogen-bond donors (Lipinski definition) is 1. The topological polar surface area (TPSA) is 75.9 Å². The maximum atomic E-state index is 12.6. The molecule has 28 heavy (non-hydrogen) atoms. The van der Waals surface area contributed by atoms with Crippen LogP contribution in [0.1, 0.15) is 35.4 Å². The average molecular weight is 397 g/mol. The average Bonchev–Trinajstić information content (AvgIpc) is 3.11. The molecule has 0 radical (unpaired) electrons. The summed E-state index contributed by atoms with van der Waals surface area (Å²) in [6.45, 7) is 3.86. The number of benzene rings is 1. The molecule has 0 atom stereocenters. The van der Waals surface area contributed by atoms with Crippen LogP contribution in [0.15, 0.2) is 42.6 Å². The number of hydrogen-bond acceptors (Lipinski definition) is 5. The second-order valence-corrected chi connectivity index (χ2v) is 7.24. The molecule has 144 valence electrons. The molecule has 3 heterocycles. The van der Waals surface area contributed by atoms with Crippen molar-refractivity contribution in [2.24, 2.45) is 0 Å². The van der Waals surface area contributed by atoms with Gasteiger partial charge in [0.05, 0.1) is 23.3 Å². The number of piperidine rings is 1. The van der Waals surface area contributed by atoms with Gasteiger partial charge in [0.1, 0.15) is 5.82 Å². The van der Waals surface area contributed by atoms with Crippen LogP contribution in [0.4, 0.5) is 11.5 Å². The van der Waals surface area contributed by atoms with Crippen molar-refractivity contribution < 1.29 is 4.79 Å². The van der Waals surface area contributed by atoms with Crippen molar-refractivity contribution >= 4 is 29.0 Å². The predicted molar refractivity (Wildman–Crippen MR) is 109 cm³/mol. The first-order valence-electron chi connectivity index (χ1n) is 9.32. The van der Waals surface area contributed by atoms with Crippen LogP contribution in [0.2, 0.25) is 5.02 Å². The number of anilines is 2. The molecule has 1 N–H and O–H groups in total. The van der Waals surface area contributed by atoms with Crippen molar-refractivity contribution in [3.8, 4) is 5.69 Å². The molecule has 3 aromatic rings. The fraction of sp³-hybridized carbons (Fsp3) is 0.300. The summed E-state index contributed by atoms with van der Waals surface area (Å²) in [5.41, 5.74) is 2.56. The Balaban J connectivity index is 1.48. The van der Waals surface area contributed by atoms with E-state index in [9.17, 15) is 4.79 Å². The van der Waals surface area contributed by atoms with Gasteiger partial charge in [-0.1, -0.05) is 17.7 Å². The standard InChI is InChI=1S/C20H21ClN6O/c1-14-19(25-27(24-14)16-7-5-6-15(21)12-16)20(28)23-18-9-8-17(13-22-18)26-10-3-2-4-11-26/h5-9,12-13H,2-4,10-11H2,1H3,(H,22,23,28). The first-order chi connectivity index (χ1) is 13.6. The number of nitrogens with zero attached hydrogens (tertiary/aromatic N) is 5. The van der Waals surface area contributed by atoms with Gasteiger partial charge < -0.3 is 10.2 Å². The van der Waals surface area contributed by atoms with Gasteiger partial charge in [-0.3, -0.25) is 4.79 Å². The van der Waals surface area contributed by atoms with Crippen molar-refractivity contribution in [2.45, 2.75) is 26.2 Å². The largest absolute Gasteiger partial charge is 0.370 e. The van der Waals surface area contributed by atoms with Crippen LogP contribution in [0, 0.1) is 6.92 Å². The molecule has 8 heteroatoms. The van der Waals surface area contributed by atoms with Gasteiger partial charge in [-0.2, -0.15) is 9.90 Å². The van der Waals surface area contributed by atoms with E-state index in [-0.39, 0.29) is 11.6 Å². The van der Waals surface area contributed by atoms with Crippen molar-refractivity contribution in [3.05, 3.63) is 59.0 Å². The number of carbonyl (C=O) groups is 1. The summed E-state index contributed by atoms with van der Waals surface area (Å²) in [6.07, 6.45) is 5.50. The highest BCUT2D eigenvalue weighted by atomic mass is 35.5. The quantitative estimate of drug-likeness (QED) is 0.724. The third kappa shape index (κ3) is 3.99. The van der Waals surface area contributed by atoms with Gasteiger partial charge in [0.15, 0.2) is 5.69 Å². The SMILES string of the molecule is Cc1nn(-c2cccc(Cl)c2)nc1C(=O)Nc1ccc(N2CCCCC2)cn1. The Kier molecular flexibility index (Phi) is 5.25. The molecule has 0 aliphatic carbocycles. The highest BCUT2D eigenvalue weighted by Crippen LogP contribution is 2.20. The van der Waals surface area contributed by atoms with E-state index in [0.29, 0.717) is 22.2 Å². The molecule has 7 nitrogen and oxygen atoms in total. The smallest absolute Gasteiger partial charge is 0.279 e. The van der Waals surface area contributed by atoms with Crippen LogP contribution in [-0.2, 0) is 0 Å². The van der Waals surface area contributed by atoms with Crippen LogP contribution in [0.3, 0.4) is 0 Å². The Labute approximate surface area is 168 Å². The van der Waals surface area contributed by atoms with Crippen LogP contribution in [-0.4, -0.2) is 39.0 Å². The number of halogens is 1. The van der Waals surface area contributed by atoms with Gasteiger partial charge in [-0.15, -0.1) is 5.10 Å². The zero-order valence-corrected chi connectivity index (χ0v) is 16.4. The van der Waals surface area contributed by atoms with Crippen LogP contribution in [0.5, 0.6) is 0 Å². The Morgan fingerprint density at radius 3 is 2.61 bits per heavy atom. The minimum Gasteiger partial charge on any atom is -0.370 e. The monoisotopic (exact) mass is 396 g/mol. The lowest BCUT2D eigenvalue weighted by atomic mass is 10.1. The van der Waals surface area contributed by atoms with E-state index in [1.807, 2.05) is 24.3 Å². The molecular formula is C20H21ClN6O. The second-order valence-electron chi connectivity index (χ2n) is 6.81. The van der Waals surface area contributed by atoms with Crippen LogP contribution >= 0.6 is 11.6 Å². The Morgan fingerprint density at radius 1 is 1.07 bits per heavy atom. The molecule has 0 spiro atoms. The maximum absolute atomic E-state index is 12.6. The van der Waals surface area contributed by atoms with E-state index in [1.165, 1.54) is 24.1 Å². The molecule has 2 aromatic heterocycles. The Bertz CT molecular complexity index is 979. The minimum atomic E-state index is -0.344. The number of carbonyl (C=O) groups excluding carboxylic acids is 1. The van der Waals surface area contributed by atoms with E-state index in [1.54, 1.807) is 25.3 Å². The summed E-state index contributed by atoms with van der Waals surface area (Å²) < 4.78 is 0. The summed E-state index contributed by atoms with van der Waals surface area (Å²) in [5, 5.41) is 12.0. The van der Waals surface area contributed by atoms with Gasteiger partial charge in [-0.25, -0.2) is 4.98 Å². The Morgan fingerprint density at radius 2 is 1.89 bits per heavy atom. The van der Waals surface area contributed by atoms with E-state index >= 15 is 0 Å². The third-order valence-electron chi connectivity index (χ3n) is 4.75. The van der Waals surface area contributed by atoms with Crippen molar-refractivity contribution in [1.82, 2.24) is 20.0 Å². The normalized spacial score (nSPS) is 14.1. The molecule has 0 unspecified atom stereocenters. The maximum Gasteiger partial charge on any atom is 0.279 e. The summed E-state index contributed by atoms with van der Waals surface area (Å²) in [5.74, 6) is 0.145. The zero-order chi connectivity index (χ0) is 19.5. The molecule has 1 aromatic carbocycles. The fourth-order valence-corrected chi connectivity index (χ4v) is 3.46. The van der Waals surface area contributed by atoms with Crippen molar-refractivity contribution in [1.29, 1.82) is 0 Å². The molecule has 1 fully saturated rings. The molecule has 1 saturated heterocycles. The molecule has 1 amide bonds. The lowest BCUT2D eigenvalue weighted by Gasteiger charge is -2.28. The second kappa shape index (κ2) is 7.98. The lowest BCUT2D eigenvalue weighted by molar-refractivity contribution is 0.102. The first kappa shape index (κ1) is 18.4. The van der Waals surface area contributed by atoms with E-state index in [0.717, 1.165) is 18.8 Å². The summed E-state index contributed by atoms with van der Waals surface area (Å²) in [4.78, 5) is 20.7. The van der Waals surface area contributed by atoms with E-state index < -0.39 is 0 Å². The van der Waals surface area contributed by atoms with Crippen LogP contribution < -0.4 is 10.2 Å². The number of aromatic nitrogens is 4. The highest BCUT2D eigenvalue weighted by molar-refractivity contribution is 6.30. The van der Waals surface area contributed by atoms with E-state index in [2.05, 4.69) is 25.4 Å². The van der Waals surface area contributed by atoms with Gasteiger partial charge >= 0.3 is 0 Å². The summed E-state index contributed by atoms with van der Waals surface area (Å²) in [7, 11) is 0. The van der Waals surface area contributed by atoms with Gasteiger partial charge in [0.25, 0.3) is 5.91 Å². The first-order valence-corrected chi connectivity index (χ1v) is 9.70. The number of nitrogens with one attached hydrogen (secondary N) is 1. The fourth-order valence-electron chi connectivity index (χ4n) is 3.28. The number of aryl methyl sites for hydroxylation is 1. The number of amides is 1. The molecule has 0 saturated carbocycles. The van der Waals surface area contributed by atoms with Crippen molar-refractivity contribution in [2.75, 3.05) is 23.3 Å². The zero-order valence-electron chi connectivity index (χ0n) is 15.6. The number of pyridine rings is 1. The molecule has 4 rings (SSSR count). The summed E-state index contributed by atoms with van der Waals surface area (Å²) >= 11 is 6.02. The minimum absolute atomic E-state index is 0.252. The molecular weight excluding hydrogens is 376 g/mol. The van der Waals surface area contributed by atoms with E-state index in [4.69, 9.17) is 11.6 Å². The highest BCUT2D eigenvalue weighted by Gasteiger charge is 2.18. The molecule has 1 aliphatic heterocycles.